The Labute approximate surface area is 62.2 Å². The van der Waals surface area contributed by atoms with Gasteiger partial charge in [-0.05, 0) is 0 Å². The van der Waals surface area contributed by atoms with Crippen LogP contribution in [-0.2, 0) is 26.7 Å². The topological polar surface area (TPSA) is 103 Å². The van der Waals surface area contributed by atoms with E-state index in [0.29, 0.717) is 0 Å². The first-order chi connectivity index (χ1) is 2.00. The van der Waals surface area contributed by atoms with Crippen LogP contribution in [0.15, 0.2) is 0 Å². The van der Waals surface area contributed by atoms with Crippen LogP contribution in [0.25, 0.3) is 0 Å². The van der Waals surface area contributed by atoms with Crippen molar-refractivity contribution < 1.29 is 35.0 Å². The van der Waals surface area contributed by atoms with Crippen LogP contribution in [0.3, 0.4) is 0 Å². The van der Waals surface area contributed by atoms with Gasteiger partial charge >= 0.3 is 56.8 Å². The molecule has 0 aliphatic rings. The van der Waals surface area contributed by atoms with E-state index in [2.05, 4.69) is 0 Å². The SMILES string of the molecule is [O-2].[O]=[Cr](=[O])([OH])[OH].[Pb+2]. The van der Waals surface area contributed by atoms with Crippen LogP contribution in [0.5, 0.6) is 0 Å². The summed E-state index contributed by atoms with van der Waals surface area (Å²) < 4.78 is 31.9. The van der Waals surface area contributed by atoms with E-state index in [-0.39, 0.29) is 32.8 Å². The van der Waals surface area contributed by atoms with Crippen LogP contribution in [0.2, 0.25) is 0 Å². The van der Waals surface area contributed by atoms with E-state index < -0.39 is 13.6 Å². The summed E-state index contributed by atoms with van der Waals surface area (Å²) in [5.41, 5.74) is 0. The minimum atomic E-state index is -5.25. The first-order valence-corrected chi connectivity index (χ1v) is 2.88. The van der Waals surface area contributed by atoms with Gasteiger partial charge in [-0.15, -0.1) is 0 Å². The standard InChI is InChI=1S/Cr.2H2O.3O.Pb/h;2*1H2;;;;/q+2;;;;;-2;+2/p-2. The summed E-state index contributed by atoms with van der Waals surface area (Å²) in [6.45, 7) is 0. The zero-order chi connectivity index (χ0) is 4.50. The summed E-state index contributed by atoms with van der Waals surface area (Å²) in [6.07, 6.45) is 0. The minimum Gasteiger partial charge on any atom is 2.00 e. The van der Waals surface area contributed by atoms with Crippen molar-refractivity contribution in [3.63, 3.8) is 0 Å². The van der Waals surface area contributed by atoms with E-state index in [1.54, 1.807) is 0 Å². The molecule has 0 spiro atoms. The van der Waals surface area contributed by atoms with Crippen LogP contribution in [0, 0.1) is 0 Å². The Hall–Kier alpha value is 0.935. The van der Waals surface area contributed by atoms with Gasteiger partial charge in [0.05, 0.1) is 0 Å². The molecule has 0 unspecified atom stereocenters. The van der Waals surface area contributed by atoms with E-state index in [1.165, 1.54) is 0 Å². The van der Waals surface area contributed by atoms with Crippen LogP contribution in [0.1, 0.15) is 0 Å². The molecule has 2 N–H and O–H groups in total. The Morgan fingerprint density at radius 1 is 1.14 bits per heavy atom. The summed E-state index contributed by atoms with van der Waals surface area (Å²) in [4.78, 5) is 0. The zero-order valence-electron chi connectivity index (χ0n) is 3.03. The third-order valence-corrected chi connectivity index (χ3v) is 0. The maximum atomic E-state index is 8.82. The fourth-order valence-electron chi connectivity index (χ4n) is 0. The van der Waals surface area contributed by atoms with Crippen molar-refractivity contribution in [1.82, 2.24) is 0 Å². The molecule has 0 aliphatic carbocycles. The summed E-state index contributed by atoms with van der Waals surface area (Å²) in [6, 6.07) is 0. The van der Waals surface area contributed by atoms with E-state index in [9.17, 15) is 0 Å². The molecule has 0 aromatic rings. The average Bonchev–Trinajstić information content (AvgIpc) is 0.722. The number of hydrogen-bond donors (Lipinski definition) is 2. The van der Waals surface area contributed by atoms with Gasteiger partial charge in [-0.1, -0.05) is 0 Å². The van der Waals surface area contributed by atoms with Crippen molar-refractivity contribution in [2.75, 3.05) is 0 Å². The van der Waals surface area contributed by atoms with Gasteiger partial charge in [0.15, 0.2) is 0 Å². The Morgan fingerprint density at radius 3 is 1.14 bits per heavy atom. The summed E-state index contributed by atoms with van der Waals surface area (Å²) >= 11 is -5.25. The predicted octanol–water partition coefficient (Wildman–Crippen LogP) is -1.85. The van der Waals surface area contributed by atoms with Gasteiger partial charge in [0, 0.05) is 0 Å². The van der Waals surface area contributed by atoms with Crippen LogP contribution in [-0.4, -0.2) is 35.6 Å². The van der Waals surface area contributed by atoms with E-state index in [4.69, 9.17) is 15.9 Å². The molecule has 0 saturated carbocycles. The smallest absolute Gasteiger partial charge is 2.00 e. The Kier molecular flexibility index (Phi) is 11.4. The summed E-state index contributed by atoms with van der Waals surface area (Å²) in [5, 5.41) is 0. The summed E-state index contributed by atoms with van der Waals surface area (Å²) in [7, 11) is 0. The van der Waals surface area contributed by atoms with Gasteiger partial charge in [0.25, 0.3) is 0 Å². The first-order valence-electron chi connectivity index (χ1n) is 0.698. The van der Waals surface area contributed by atoms with Gasteiger partial charge in [-0.2, -0.15) is 0 Å². The molecule has 7 heavy (non-hydrogen) atoms. The molecule has 0 aliphatic heterocycles. The van der Waals surface area contributed by atoms with Crippen molar-refractivity contribution >= 4 is 27.3 Å². The quantitative estimate of drug-likeness (QED) is 0.505. The second-order valence-electron chi connectivity index (χ2n) is 0.448. The van der Waals surface area contributed by atoms with Crippen LogP contribution >= 0.6 is 0 Å². The maximum absolute atomic E-state index is 8.82. The molecule has 2 radical (unpaired) electrons. The second kappa shape index (κ2) is 5.08. The molecule has 0 bridgehead atoms. The third-order valence-electron chi connectivity index (χ3n) is 0. The molecule has 0 heterocycles. The molecule has 5 nitrogen and oxygen atoms in total. The Balaban J connectivity index is -0.0000000800. The Morgan fingerprint density at radius 2 is 1.14 bits per heavy atom. The zero-order valence-corrected chi connectivity index (χ0v) is 8.19. The molecular formula is H2CrO5Pb. The number of rotatable bonds is 0. The Bertz CT molecular complexity index is 91.2. The van der Waals surface area contributed by atoms with E-state index in [0.717, 1.165) is 0 Å². The molecule has 0 atom stereocenters. The largest absolute Gasteiger partial charge is 2.00 e. The van der Waals surface area contributed by atoms with Gasteiger partial charge in [-0.25, -0.2) is 0 Å². The predicted molar refractivity (Wildman–Crippen MR) is 12.3 cm³/mol. The molecule has 7 heteroatoms. The fraction of sp³-hybridized carbons (Fsp3) is 0. The molecule has 0 aromatic carbocycles. The van der Waals surface area contributed by atoms with Crippen LogP contribution < -0.4 is 0 Å². The van der Waals surface area contributed by atoms with Crippen molar-refractivity contribution in [3.8, 4) is 0 Å². The molecule has 0 rings (SSSR count). The number of hydrogen-bond acceptors (Lipinski definition) is 2. The minimum absolute atomic E-state index is 0. The second-order valence-corrected chi connectivity index (χ2v) is 1.85. The van der Waals surface area contributed by atoms with Crippen molar-refractivity contribution in [1.29, 1.82) is 0 Å². The van der Waals surface area contributed by atoms with E-state index >= 15 is 0 Å². The van der Waals surface area contributed by atoms with Gasteiger partial charge in [0.2, 0.25) is 0 Å². The summed E-state index contributed by atoms with van der Waals surface area (Å²) in [5.74, 6) is 0. The van der Waals surface area contributed by atoms with Gasteiger partial charge in [-0.3, -0.25) is 0 Å². The average molecular weight is 341 g/mol. The monoisotopic (exact) mass is 342 g/mol. The molecule has 0 saturated heterocycles. The van der Waals surface area contributed by atoms with Crippen molar-refractivity contribution in [2.45, 2.75) is 0 Å². The van der Waals surface area contributed by atoms with Crippen molar-refractivity contribution in [2.24, 2.45) is 0 Å². The van der Waals surface area contributed by atoms with E-state index in [1.807, 2.05) is 0 Å². The van der Waals surface area contributed by atoms with Gasteiger partial charge < -0.3 is 5.48 Å². The molecule has 0 amide bonds. The van der Waals surface area contributed by atoms with Gasteiger partial charge in [0.1, 0.15) is 0 Å². The first kappa shape index (κ1) is 15.7. The maximum Gasteiger partial charge on any atom is 2.00 e. The molecular weight excluding hydrogens is 339 g/mol. The molecule has 0 aromatic heterocycles. The fourth-order valence-corrected chi connectivity index (χ4v) is 0. The van der Waals surface area contributed by atoms with Crippen molar-refractivity contribution in [3.05, 3.63) is 0 Å². The molecule has 42 valence electrons. The normalized spacial score (nSPS) is 8.29. The van der Waals surface area contributed by atoms with Crippen LogP contribution in [0.4, 0.5) is 0 Å². The molecule has 0 fully saturated rings. The third kappa shape index (κ3) is 193.